The fourth-order valence-electron chi connectivity index (χ4n) is 2.05. The maximum absolute atomic E-state index is 11.9. The summed E-state index contributed by atoms with van der Waals surface area (Å²) in [5.41, 5.74) is 1.08. The summed E-state index contributed by atoms with van der Waals surface area (Å²) in [5.74, 6) is 0.118. The van der Waals surface area contributed by atoms with Gasteiger partial charge in [-0.25, -0.2) is 0 Å². The summed E-state index contributed by atoms with van der Waals surface area (Å²) >= 11 is 0. The molecule has 0 unspecified atom stereocenters. The van der Waals surface area contributed by atoms with E-state index in [1.807, 2.05) is 18.2 Å². The molecule has 0 radical (unpaired) electrons. The molecule has 1 aromatic carbocycles. The molecule has 3 heteroatoms. The van der Waals surface area contributed by atoms with Crippen molar-refractivity contribution in [3.8, 4) is 0 Å². The van der Waals surface area contributed by atoms with Crippen LogP contribution in [0.5, 0.6) is 0 Å². The Balaban J connectivity index is 2.35. The van der Waals surface area contributed by atoms with Crippen molar-refractivity contribution in [2.75, 3.05) is 19.6 Å². The molecule has 0 heterocycles. The van der Waals surface area contributed by atoms with Gasteiger partial charge in [0.1, 0.15) is 0 Å². The predicted molar refractivity (Wildman–Crippen MR) is 80.3 cm³/mol. The predicted octanol–water partition coefficient (Wildman–Crippen LogP) is 2.47. The quantitative estimate of drug-likeness (QED) is 0.707. The summed E-state index contributed by atoms with van der Waals surface area (Å²) in [7, 11) is 0. The molecule has 0 saturated carbocycles. The van der Waals surface area contributed by atoms with E-state index in [4.69, 9.17) is 0 Å². The SMILES string of the molecule is CCCNCCNC(=O)CC(C)(C)c1ccccc1. The molecule has 19 heavy (non-hydrogen) atoms. The molecule has 3 nitrogen and oxygen atoms in total. The molecule has 0 aromatic heterocycles. The molecule has 106 valence electrons. The van der Waals surface area contributed by atoms with Gasteiger partial charge >= 0.3 is 0 Å². The fraction of sp³-hybridized carbons (Fsp3) is 0.562. The van der Waals surface area contributed by atoms with Crippen LogP contribution in [0, 0.1) is 0 Å². The Hall–Kier alpha value is -1.35. The van der Waals surface area contributed by atoms with E-state index in [0.717, 1.165) is 19.5 Å². The summed E-state index contributed by atoms with van der Waals surface area (Å²) in [5, 5.41) is 6.24. The summed E-state index contributed by atoms with van der Waals surface area (Å²) in [6, 6.07) is 10.2. The highest BCUT2D eigenvalue weighted by molar-refractivity contribution is 5.77. The second-order valence-corrected chi connectivity index (χ2v) is 5.53. The van der Waals surface area contributed by atoms with E-state index >= 15 is 0 Å². The molecule has 2 N–H and O–H groups in total. The smallest absolute Gasteiger partial charge is 0.220 e. The Morgan fingerprint density at radius 1 is 1.11 bits per heavy atom. The zero-order valence-electron chi connectivity index (χ0n) is 12.3. The highest BCUT2D eigenvalue weighted by Crippen LogP contribution is 2.26. The maximum Gasteiger partial charge on any atom is 0.220 e. The van der Waals surface area contributed by atoms with E-state index in [1.165, 1.54) is 5.56 Å². The van der Waals surface area contributed by atoms with Gasteiger partial charge in [0.25, 0.3) is 0 Å². The molecule has 0 aliphatic rings. The van der Waals surface area contributed by atoms with Gasteiger partial charge in [0.05, 0.1) is 0 Å². The highest BCUT2D eigenvalue weighted by Gasteiger charge is 2.23. The molecule has 0 bridgehead atoms. The van der Waals surface area contributed by atoms with Gasteiger partial charge < -0.3 is 10.6 Å². The van der Waals surface area contributed by atoms with Crippen LogP contribution in [-0.2, 0) is 10.2 Å². The van der Waals surface area contributed by atoms with Gasteiger partial charge in [-0.1, -0.05) is 51.1 Å². The molecule has 0 atom stereocenters. The Bertz CT molecular complexity index is 374. The molecule has 1 rings (SSSR count). The molecule has 1 aromatic rings. The van der Waals surface area contributed by atoms with Crippen molar-refractivity contribution in [3.05, 3.63) is 35.9 Å². The second kappa shape index (κ2) is 7.95. The van der Waals surface area contributed by atoms with E-state index in [-0.39, 0.29) is 11.3 Å². The molecular weight excluding hydrogens is 236 g/mol. The van der Waals surface area contributed by atoms with Gasteiger partial charge in [-0.3, -0.25) is 4.79 Å². The summed E-state index contributed by atoms with van der Waals surface area (Å²) in [6.07, 6.45) is 1.64. The lowest BCUT2D eigenvalue weighted by Gasteiger charge is -2.24. The van der Waals surface area contributed by atoms with Crippen molar-refractivity contribution in [2.45, 2.75) is 39.0 Å². The van der Waals surface area contributed by atoms with E-state index < -0.39 is 0 Å². The first kappa shape index (κ1) is 15.7. The monoisotopic (exact) mass is 262 g/mol. The van der Waals surface area contributed by atoms with Crippen LogP contribution < -0.4 is 10.6 Å². The number of hydrogen-bond acceptors (Lipinski definition) is 2. The third kappa shape index (κ3) is 5.88. The molecule has 0 saturated heterocycles. The van der Waals surface area contributed by atoms with Crippen LogP contribution in [0.1, 0.15) is 39.2 Å². The topological polar surface area (TPSA) is 41.1 Å². The second-order valence-electron chi connectivity index (χ2n) is 5.53. The number of carbonyl (C=O) groups excluding carboxylic acids is 1. The largest absolute Gasteiger partial charge is 0.355 e. The number of carbonyl (C=O) groups is 1. The Labute approximate surface area is 116 Å². The van der Waals surface area contributed by atoms with Gasteiger partial charge in [0.2, 0.25) is 5.91 Å². The van der Waals surface area contributed by atoms with Crippen LogP contribution in [0.25, 0.3) is 0 Å². The summed E-state index contributed by atoms with van der Waals surface area (Å²) in [6.45, 7) is 8.89. The van der Waals surface area contributed by atoms with Crippen LogP contribution >= 0.6 is 0 Å². The Morgan fingerprint density at radius 3 is 2.42 bits per heavy atom. The summed E-state index contributed by atoms with van der Waals surface area (Å²) < 4.78 is 0. The van der Waals surface area contributed by atoms with Crippen LogP contribution in [0.3, 0.4) is 0 Å². The first-order chi connectivity index (χ1) is 9.06. The number of amides is 1. The number of benzene rings is 1. The standard InChI is InChI=1S/C16H26N2O/c1-4-10-17-11-12-18-15(19)13-16(2,3)14-8-6-5-7-9-14/h5-9,17H,4,10-13H2,1-3H3,(H,18,19). The molecule has 0 aliphatic heterocycles. The minimum Gasteiger partial charge on any atom is -0.355 e. The average molecular weight is 262 g/mol. The highest BCUT2D eigenvalue weighted by atomic mass is 16.1. The van der Waals surface area contributed by atoms with Gasteiger partial charge in [-0.05, 0) is 23.9 Å². The first-order valence-corrected chi connectivity index (χ1v) is 7.09. The van der Waals surface area contributed by atoms with Crippen LogP contribution in [0.15, 0.2) is 30.3 Å². The third-order valence-corrected chi connectivity index (χ3v) is 3.21. The van der Waals surface area contributed by atoms with Gasteiger partial charge in [-0.15, -0.1) is 0 Å². The lowest BCUT2D eigenvalue weighted by Crippen LogP contribution is -2.35. The zero-order valence-corrected chi connectivity index (χ0v) is 12.3. The number of hydrogen-bond donors (Lipinski definition) is 2. The normalized spacial score (nSPS) is 11.3. The first-order valence-electron chi connectivity index (χ1n) is 7.09. The summed E-state index contributed by atoms with van der Waals surface area (Å²) in [4.78, 5) is 11.9. The number of rotatable bonds is 8. The Morgan fingerprint density at radius 2 is 1.79 bits per heavy atom. The zero-order chi connectivity index (χ0) is 14.1. The van der Waals surface area contributed by atoms with Crippen molar-refractivity contribution >= 4 is 5.91 Å². The van der Waals surface area contributed by atoms with E-state index in [1.54, 1.807) is 0 Å². The van der Waals surface area contributed by atoms with E-state index in [2.05, 4.69) is 43.5 Å². The molecule has 0 spiro atoms. The molecule has 1 amide bonds. The van der Waals surface area contributed by atoms with Gasteiger partial charge in [0.15, 0.2) is 0 Å². The maximum atomic E-state index is 11.9. The lowest BCUT2D eigenvalue weighted by atomic mass is 9.81. The third-order valence-electron chi connectivity index (χ3n) is 3.21. The number of nitrogens with one attached hydrogen (secondary N) is 2. The van der Waals surface area contributed by atoms with Gasteiger partial charge in [-0.2, -0.15) is 0 Å². The van der Waals surface area contributed by atoms with Crippen LogP contribution in [0.4, 0.5) is 0 Å². The van der Waals surface area contributed by atoms with Crippen molar-refractivity contribution in [1.29, 1.82) is 0 Å². The van der Waals surface area contributed by atoms with Crippen molar-refractivity contribution in [3.63, 3.8) is 0 Å². The Kier molecular flexibility index (Phi) is 6.57. The van der Waals surface area contributed by atoms with E-state index in [9.17, 15) is 4.79 Å². The van der Waals surface area contributed by atoms with E-state index in [0.29, 0.717) is 13.0 Å². The minimum absolute atomic E-state index is 0.118. The van der Waals surface area contributed by atoms with Crippen molar-refractivity contribution in [1.82, 2.24) is 10.6 Å². The molecular formula is C16H26N2O. The molecule has 0 fully saturated rings. The molecule has 0 aliphatic carbocycles. The van der Waals surface area contributed by atoms with Crippen LogP contribution in [-0.4, -0.2) is 25.5 Å². The average Bonchev–Trinajstić information content (AvgIpc) is 2.39. The van der Waals surface area contributed by atoms with Gasteiger partial charge in [0, 0.05) is 19.5 Å². The minimum atomic E-state index is -0.123. The van der Waals surface area contributed by atoms with Crippen molar-refractivity contribution in [2.24, 2.45) is 0 Å². The lowest BCUT2D eigenvalue weighted by molar-refractivity contribution is -0.122. The van der Waals surface area contributed by atoms with Crippen molar-refractivity contribution < 1.29 is 4.79 Å². The fourth-order valence-corrected chi connectivity index (χ4v) is 2.05. The van der Waals surface area contributed by atoms with Crippen LogP contribution in [0.2, 0.25) is 0 Å².